The molecule has 0 aliphatic carbocycles. The normalized spacial score (nSPS) is 30.5. The molecule has 0 aromatic carbocycles. The highest BCUT2D eigenvalue weighted by atomic mass is 79.9. The van der Waals surface area contributed by atoms with Crippen molar-refractivity contribution in [1.82, 2.24) is 0 Å². The van der Waals surface area contributed by atoms with Crippen molar-refractivity contribution in [3.63, 3.8) is 0 Å². The molecule has 0 saturated heterocycles. The van der Waals surface area contributed by atoms with Gasteiger partial charge in [-0.1, -0.05) is 31.9 Å². The third-order valence-corrected chi connectivity index (χ3v) is 5.00. The van der Waals surface area contributed by atoms with Gasteiger partial charge in [0.25, 0.3) is 0 Å². The molecule has 84 valence electrons. The highest BCUT2D eigenvalue weighted by molar-refractivity contribution is 9.12. The van der Waals surface area contributed by atoms with Crippen molar-refractivity contribution in [2.24, 2.45) is 0 Å². The van der Waals surface area contributed by atoms with E-state index >= 15 is 0 Å². The van der Waals surface area contributed by atoms with Gasteiger partial charge in [-0.3, -0.25) is 0 Å². The fourth-order valence-corrected chi connectivity index (χ4v) is 2.58. The lowest BCUT2D eigenvalue weighted by Crippen LogP contribution is -2.36. The van der Waals surface area contributed by atoms with Crippen molar-refractivity contribution in [3.05, 3.63) is 21.1 Å². The van der Waals surface area contributed by atoms with Crippen LogP contribution in [0.4, 0.5) is 0 Å². The summed E-state index contributed by atoms with van der Waals surface area (Å²) in [6.45, 7) is 8.05. The Morgan fingerprint density at radius 1 is 0.867 bits per heavy atom. The van der Waals surface area contributed by atoms with Crippen LogP contribution in [0.15, 0.2) is 21.1 Å². The average Bonchev–Trinajstić information content (AvgIpc) is 2.31. The summed E-state index contributed by atoms with van der Waals surface area (Å²) in [6, 6.07) is 0. The number of halogens is 2. The smallest absolute Gasteiger partial charge is 0.212 e. The van der Waals surface area contributed by atoms with E-state index in [0.29, 0.717) is 0 Å². The van der Waals surface area contributed by atoms with Crippen LogP contribution in [0.25, 0.3) is 0 Å². The minimum absolute atomic E-state index is 0.329. The Kier molecular flexibility index (Phi) is 2.51. The van der Waals surface area contributed by atoms with E-state index in [9.17, 15) is 0 Å². The highest BCUT2D eigenvalue weighted by Gasteiger charge is 2.51. The molecule has 0 radical (unpaired) electrons. The van der Waals surface area contributed by atoms with Gasteiger partial charge in [0, 0.05) is 8.96 Å². The monoisotopic (exact) mass is 336 g/mol. The molecule has 4 heteroatoms. The molecule has 2 nitrogen and oxygen atoms in total. The molecule has 0 saturated carbocycles. The Morgan fingerprint density at radius 2 is 1.20 bits per heavy atom. The standard InChI is InChI=1S/C11H14Br2O2/c1-9(2)7(12)5-11(14-9)6-8(13)10(3,4)15-11/h5-6H,1-4H3. The van der Waals surface area contributed by atoms with Gasteiger partial charge in [0.1, 0.15) is 0 Å². The Morgan fingerprint density at radius 3 is 1.40 bits per heavy atom. The molecule has 2 aliphatic heterocycles. The summed E-state index contributed by atoms with van der Waals surface area (Å²) < 4.78 is 13.9. The molecule has 1 spiro atoms. The summed E-state index contributed by atoms with van der Waals surface area (Å²) in [6.07, 6.45) is 3.95. The van der Waals surface area contributed by atoms with Crippen LogP contribution in [0.2, 0.25) is 0 Å². The van der Waals surface area contributed by atoms with Crippen molar-refractivity contribution < 1.29 is 9.47 Å². The molecule has 0 aromatic rings. The molecule has 2 rings (SSSR count). The SMILES string of the molecule is CC1(C)OC2(C=C1Br)C=C(Br)C(C)(C)O2. The van der Waals surface area contributed by atoms with Crippen molar-refractivity contribution in [3.8, 4) is 0 Å². The van der Waals surface area contributed by atoms with Crippen molar-refractivity contribution >= 4 is 31.9 Å². The maximum absolute atomic E-state index is 5.95. The lowest BCUT2D eigenvalue weighted by molar-refractivity contribution is -0.220. The average molecular weight is 338 g/mol. The van der Waals surface area contributed by atoms with E-state index in [0.717, 1.165) is 8.96 Å². The second kappa shape index (κ2) is 3.19. The van der Waals surface area contributed by atoms with Crippen LogP contribution in [0.1, 0.15) is 27.7 Å². The van der Waals surface area contributed by atoms with Crippen molar-refractivity contribution in [1.29, 1.82) is 0 Å². The molecule has 0 aromatic heterocycles. The number of rotatable bonds is 0. The minimum Gasteiger partial charge on any atom is -0.332 e. The van der Waals surface area contributed by atoms with Gasteiger partial charge in [-0.15, -0.1) is 0 Å². The van der Waals surface area contributed by atoms with Crippen LogP contribution in [0.3, 0.4) is 0 Å². The van der Waals surface area contributed by atoms with E-state index in [-0.39, 0.29) is 11.2 Å². The molecule has 0 fully saturated rings. The van der Waals surface area contributed by atoms with E-state index in [4.69, 9.17) is 9.47 Å². The summed E-state index contributed by atoms with van der Waals surface area (Å²) in [5.41, 5.74) is -0.658. The van der Waals surface area contributed by atoms with Crippen LogP contribution in [0.5, 0.6) is 0 Å². The maximum Gasteiger partial charge on any atom is 0.212 e. The zero-order valence-corrected chi connectivity index (χ0v) is 12.4. The molecular formula is C11H14Br2O2. The van der Waals surface area contributed by atoms with E-state index in [2.05, 4.69) is 31.9 Å². The van der Waals surface area contributed by atoms with Crippen LogP contribution in [0, 0.1) is 0 Å². The van der Waals surface area contributed by atoms with Crippen molar-refractivity contribution in [2.45, 2.75) is 44.7 Å². The van der Waals surface area contributed by atoms with Gasteiger partial charge >= 0.3 is 0 Å². The van der Waals surface area contributed by atoms with Gasteiger partial charge in [0.05, 0.1) is 11.2 Å². The van der Waals surface area contributed by atoms with Gasteiger partial charge in [0.2, 0.25) is 5.79 Å². The Labute approximate surface area is 107 Å². The second-order valence-corrected chi connectivity index (χ2v) is 6.64. The van der Waals surface area contributed by atoms with Gasteiger partial charge in [-0.2, -0.15) is 0 Å². The quantitative estimate of drug-likeness (QED) is 0.668. The minimum atomic E-state index is -0.718. The number of ether oxygens (including phenoxy) is 2. The third-order valence-electron chi connectivity index (χ3n) is 2.64. The van der Waals surface area contributed by atoms with E-state index in [1.807, 2.05) is 39.8 Å². The second-order valence-electron chi connectivity index (χ2n) is 4.93. The van der Waals surface area contributed by atoms with Gasteiger partial charge in [-0.05, 0) is 39.8 Å². The first-order valence-corrected chi connectivity index (χ1v) is 6.44. The molecule has 2 aliphatic rings. The Hall–Kier alpha value is 0.360. The molecule has 0 unspecified atom stereocenters. The van der Waals surface area contributed by atoms with Crippen LogP contribution < -0.4 is 0 Å². The molecule has 0 bridgehead atoms. The van der Waals surface area contributed by atoms with Crippen LogP contribution in [-0.2, 0) is 9.47 Å². The summed E-state index contributed by atoms with van der Waals surface area (Å²) in [4.78, 5) is 0. The molecule has 15 heavy (non-hydrogen) atoms. The predicted octanol–water partition coefficient (Wildman–Crippen LogP) is 3.86. The number of hydrogen-bond acceptors (Lipinski definition) is 2. The lowest BCUT2D eigenvalue weighted by atomic mass is 10.1. The zero-order valence-electron chi connectivity index (χ0n) is 9.23. The fraction of sp³-hybridized carbons (Fsp3) is 0.636. The molecular weight excluding hydrogens is 324 g/mol. The van der Waals surface area contributed by atoms with Crippen LogP contribution >= 0.6 is 31.9 Å². The topological polar surface area (TPSA) is 18.5 Å². The molecule has 0 atom stereocenters. The van der Waals surface area contributed by atoms with Gasteiger partial charge in [0.15, 0.2) is 0 Å². The predicted molar refractivity (Wildman–Crippen MR) is 67.1 cm³/mol. The lowest BCUT2D eigenvalue weighted by Gasteiger charge is -2.30. The summed E-state index contributed by atoms with van der Waals surface area (Å²) in [7, 11) is 0. The number of hydrogen-bond donors (Lipinski definition) is 0. The van der Waals surface area contributed by atoms with Crippen molar-refractivity contribution in [2.75, 3.05) is 0 Å². The first-order valence-electron chi connectivity index (χ1n) is 4.85. The fourth-order valence-electron chi connectivity index (χ4n) is 1.78. The van der Waals surface area contributed by atoms with E-state index in [1.165, 1.54) is 0 Å². The van der Waals surface area contributed by atoms with Gasteiger partial charge in [-0.25, -0.2) is 0 Å². The van der Waals surface area contributed by atoms with E-state index < -0.39 is 5.79 Å². The molecule has 2 heterocycles. The molecule has 0 amide bonds. The first kappa shape index (κ1) is 11.8. The maximum atomic E-state index is 5.95. The summed E-state index contributed by atoms with van der Waals surface area (Å²) >= 11 is 7.03. The summed E-state index contributed by atoms with van der Waals surface area (Å²) in [5.74, 6) is -0.718. The van der Waals surface area contributed by atoms with Crippen LogP contribution in [-0.4, -0.2) is 17.0 Å². The summed E-state index contributed by atoms with van der Waals surface area (Å²) in [5, 5.41) is 0. The highest BCUT2D eigenvalue weighted by Crippen LogP contribution is 2.49. The van der Waals surface area contributed by atoms with E-state index in [1.54, 1.807) is 0 Å². The third kappa shape index (κ3) is 1.86. The Bertz CT molecular complexity index is 331. The molecule has 0 N–H and O–H groups in total. The largest absolute Gasteiger partial charge is 0.332 e. The van der Waals surface area contributed by atoms with Gasteiger partial charge < -0.3 is 9.47 Å². The zero-order chi connectivity index (χ0) is 11.5. The first-order chi connectivity index (χ1) is 6.67. The Balaban J connectivity index is 2.37.